The zero-order valence-electron chi connectivity index (χ0n) is 11.5. The Balaban J connectivity index is 3.63. The summed E-state index contributed by atoms with van der Waals surface area (Å²) in [5.41, 5.74) is 0. The lowest BCUT2D eigenvalue weighted by molar-refractivity contribution is -0.137. The van der Waals surface area contributed by atoms with Crippen LogP contribution in [0.15, 0.2) is 0 Å². The van der Waals surface area contributed by atoms with Crippen LogP contribution in [0.4, 0.5) is 4.79 Å². The van der Waals surface area contributed by atoms with Crippen LogP contribution in [0.25, 0.3) is 0 Å². The number of nitrogens with one attached hydrogen (secondary N) is 3. The maximum atomic E-state index is 11.4. The van der Waals surface area contributed by atoms with Gasteiger partial charge >= 0.3 is 12.0 Å². The fraction of sp³-hybridized carbons (Fsp3) is 0.750. The normalized spacial score (nSPS) is 11.5. The number of amides is 3. The van der Waals surface area contributed by atoms with E-state index in [0.717, 1.165) is 6.42 Å². The van der Waals surface area contributed by atoms with Crippen LogP contribution in [0.3, 0.4) is 0 Å². The number of carboxylic acids is 1. The number of aliphatic carboxylic acids is 1. The second-order valence-electron chi connectivity index (χ2n) is 4.33. The highest BCUT2D eigenvalue weighted by atomic mass is 16.4. The molecule has 0 saturated heterocycles. The van der Waals surface area contributed by atoms with Crippen LogP contribution in [-0.4, -0.2) is 42.1 Å². The topological polar surface area (TPSA) is 108 Å². The molecule has 0 rings (SSSR count). The number of carbonyl (C=O) groups is 3. The first-order chi connectivity index (χ1) is 8.95. The molecule has 1 atom stereocenters. The lowest BCUT2D eigenvalue weighted by Crippen LogP contribution is -2.42. The van der Waals surface area contributed by atoms with Crippen molar-refractivity contribution < 1.29 is 19.5 Å². The summed E-state index contributed by atoms with van der Waals surface area (Å²) in [7, 11) is 0. The SMILES string of the molecule is CCCNC(=O)CCNC(=O)NC(C)CCC(=O)O. The second-order valence-corrected chi connectivity index (χ2v) is 4.33. The number of carboxylic acid groups (broad SMARTS) is 1. The lowest BCUT2D eigenvalue weighted by atomic mass is 10.2. The monoisotopic (exact) mass is 273 g/mol. The fourth-order valence-electron chi connectivity index (χ4n) is 1.33. The Labute approximate surface area is 113 Å². The van der Waals surface area contributed by atoms with Gasteiger partial charge in [-0.25, -0.2) is 4.79 Å². The number of carbonyl (C=O) groups excluding carboxylic acids is 2. The Morgan fingerprint density at radius 1 is 1.11 bits per heavy atom. The van der Waals surface area contributed by atoms with Gasteiger partial charge in [0.05, 0.1) is 0 Å². The van der Waals surface area contributed by atoms with Gasteiger partial charge < -0.3 is 21.1 Å². The average Bonchev–Trinajstić information content (AvgIpc) is 2.33. The predicted octanol–water partition coefficient (Wildman–Crippen LogP) is 0.455. The van der Waals surface area contributed by atoms with E-state index in [-0.39, 0.29) is 37.4 Å². The molecule has 0 aromatic rings. The van der Waals surface area contributed by atoms with E-state index in [1.54, 1.807) is 6.92 Å². The zero-order chi connectivity index (χ0) is 14.7. The molecule has 0 aliphatic rings. The number of rotatable bonds is 9. The van der Waals surface area contributed by atoms with E-state index in [9.17, 15) is 14.4 Å². The summed E-state index contributed by atoms with van der Waals surface area (Å²) in [6.45, 7) is 4.59. The Morgan fingerprint density at radius 3 is 2.37 bits per heavy atom. The summed E-state index contributed by atoms with van der Waals surface area (Å²) in [5, 5.41) is 16.4. The first-order valence-electron chi connectivity index (χ1n) is 6.48. The minimum atomic E-state index is -0.887. The standard InChI is InChI=1S/C12H23N3O4/c1-3-7-13-10(16)6-8-14-12(19)15-9(2)4-5-11(17)18/h9H,3-8H2,1-2H3,(H,13,16)(H,17,18)(H2,14,15,19). The van der Waals surface area contributed by atoms with Crippen molar-refractivity contribution >= 4 is 17.9 Å². The predicted molar refractivity (Wildman–Crippen MR) is 70.8 cm³/mol. The highest BCUT2D eigenvalue weighted by Crippen LogP contribution is 1.95. The van der Waals surface area contributed by atoms with Gasteiger partial charge in [0.25, 0.3) is 0 Å². The smallest absolute Gasteiger partial charge is 0.315 e. The Bertz CT molecular complexity index is 307. The highest BCUT2D eigenvalue weighted by Gasteiger charge is 2.09. The average molecular weight is 273 g/mol. The van der Waals surface area contributed by atoms with Crippen molar-refractivity contribution in [1.82, 2.24) is 16.0 Å². The first-order valence-corrected chi connectivity index (χ1v) is 6.48. The van der Waals surface area contributed by atoms with Crippen LogP contribution in [-0.2, 0) is 9.59 Å². The minimum Gasteiger partial charge on any atom is -0.481 e. The van der Waals surface area contributed by atoms with Crippen molar-refractivity contribution in [2.45, 2.75) is 45.6 Å². The molecule has 0 bridgehead atoms. The van der Waals surface area contributed by atoms with Crippen LogP contribution < -0.4 is 16.0 Å². The van der Waals surface area contributed by atoms with E-state index >= 15 is 0 Å². The Kier molecular flexibility index (Phi) is 9.20. The van der Waals surface area contributed by atoms with Crippen molar-refractivity contribution in [1.29, 1.82) is 0 Å². The largest absolute Gasteiger partial charge is 0.481 e. The second kappa shape index (κ2) is 10.2. The molecule has 110 valence electrons. The third-order valence-corrected chi connectivity index (χ3v) is 2.38. The molecule has 0 heterocycles. The van der Waals surface area contributed by atoms with Gasteiger partial charge in [0.2, 0.25) is 5.91 Å². The Hall–Kier alpha value is -1.79. The van der Waals surface area contributed by atoms with Gasteiger partial charge in [-0.05, 0) is 19.8 Å². The van der Waals surface area contributed by atoms with Crippen LogP contribution in [0.2, 0.25) is 0 Å². The van der Waals surface area contributed by atoms with Crippen LogP contribution in [0, 0.1) is 0 Å². The van der Waals surface area contributed by atoms with E-state index in [0.29, 0.717) is 13.0 Å². The molecule has 7 heteroatoms. The molecule has 0 spiro atoms. The summed E-state index contributed by atoms with van der Waals surface area (Å²) in [5.74, 6) is -0.984. The van der Waals surface area contributed by atoms with E-state index in [1.165, 1.54) is 0 Å². The number of urea groups is 1. The maximum Gasteiger partial charge on any atom is 0.315 e. The third kappa shape index (κ3) is 11.1. The van der Waals surface area contributed by atoms with Crippen molar-refractivity contribution in [3.63, 3.8) is 0 Å². The molecule has 3 amide bonds. The van der Waals surface area contributed by atoms with Crippen LogP contribution in [0.5, 0.6) is 0 Å². The van der Waals surface area contributed by atoms with E-state index in [2.05, 4.69) is 16.0 Å². The molecule has 0 fully saturated rings. The van der Waals surface area contributed by atoms with Crippen molar-refractivity contribution in [3.05, 3.63) is 0 Å². The third-order valence-electron chi connectivity index (χ3n) is 2.38. The molecule has 0 radical (unpaired) electrons. The molecule has 0 aliphatic heterocycles. The molecule has 4 N–H and O–H groups in total. The van der Waals surface area contributed by atoms with Gasteiger partial charge in [-0.3, -0.25) is 9.59 Å². The minimum absolute atomic E-state index is 0.0148. The van der Waals surface area contributed by atoms with E-state index in [4.69, 9.17) is 5.11 Å². The summed E-state index contributed by atoms with van der Waals surface area (Å²) in [6.07, 6.45) is 1.50. The lowest BCUT2D eigenvalue weighted by Gasteiger charge is -2.13. The van der Waals surface area contributed by atoms with Gasteiger partial charge in [-0.1, -0.05) is 6.92 Å². The molecular formula is C12H23N3O4. The maximum absolute atomic E-state index is 11.4. The molecule has 7 nitrogen and oxygen atoms in total. The van der Waals surface area contributed by atoms with Gasteiger partial charge in [0.15, 0.2) is 0 Å². The van der Waals surface area contributed by atoms with Crippen LogP contribution >= 0.6 is 0 Å². The van der Waals surface area contributed by atoms with Gasteiger partial charge in [-0.2, -0.15) is 0 Å². The Morgan fingerprint density at radius 2 is 1.79 bits per heavy atom. The molecule has 1 unspecified atom stereocenters. The number of hydrogen-bond acceptors (Lipinski definition) is 3. The summed E-state index contributed by atoms with van der Waals surface area (Å²) >= 11 is 0. The van der Waals surface area contributed by atoms with E-state index in [1.807, 2.05) is 6.92 Å². The molecule has 0 aliphatic carbocycles. The summed E-state index contributed by atoms with van der Waals surface area (Å²) in [6, 6.07) is -0.605. The number of hydrogen-bond donors (Lipinski definition) is 4. The van der Waals surface area contributed by atoms with Crippen molar-refractivity contribution in [3.8, 4) is 0 Å². The fourth-order valence-corrected chi connectivity index (χ4v) is 1.33. The summed E-state index contributed by atoms with van der Waals surface area (Å²) < 4.78 is 0. The van der Waals surface area contributed by atoms with Gasteiger partial charge in [0.1, 0.15) is 0 Å². The van der Waals surface area contributed by atoms with Crippen molar-refractivity contribution in [2.24, 2.45) is 0 Å². The molecule has 19 heavy (non-hydrogen) atoms. The molecule has 0 aromatic carbocycles. The highest BCUT2D eigenvalue weighted by molar-refractivity contribution is 5.78. The first kappa shape index (κ1) is 17.2. The van der Waals surface area contributed by atoms with Gasteiger partial charge in [-0.15, -0.1) is 0 Å². The quantitative estimate of drug-likeness (QED) is 0.489. The molecular weight excluding hydrogens is 250 g/mol. The van der Waals surface area contributed by atoms with E-state index < -0.39 is 5.97 Å². The van der Waals surface area contributed by atoms with Crippen molar-refractivity contribution in [2.75, 3.05) is 13.1 Å². The summed E-state index contributed by atoms with van der Waals surface area (Å²) in [4.78, 5) is 33.0. The van der Waals surface area contributed by atoms with Crippen LogP contribution in [0.1, 0.15) is 39.5 Å². The molecule has 0 aromatic heterocycles. The molecule has 0 saturated carbocycles. The zero-order valence-corrected chi connectivity index (χ0v) is 11.5. The van der Waals surface area contributed by atoms with Gasteiger partial charge in [0, 0.05) is 32.0 Å².